The van der Waals surface area contributed by atoms with Crippen molar-refractivity contribution in [3.63, 3.8) is 0 Å². The molecule has 1 amide bonds. The second kappa shape index (κ2) is 6.19. The number of carbonyl (C=O) groups excluding carboxylic acids is 1. The van der Waals surface area contributed by atoms with Crippen molar-refractivity contribution in [3.8, 4) is 0 Å². The number of hydrogen-bond donors (Lipinski definition) is 2. The second-order valence-corrected chi connectivity index (χ2v) is 3.52. The molecule has 0 bridgehead atoms. The number of amides is 1. The summed E-state index contributed by atoms with van der Waals surface area (Å²) in [6.45, 7) is 2.15. The zero-order chi connectivity index (χ0) is 11.1. The van der Waals surface area contributed by atoms with Crippen LogP contribution in [0.5, 0.6) is 0 Å². The lowest BCUT2D eigenvalue weighted by Gasteiger charge is -2.18. The molecule has 3 N–H and O–H groups in total. The molecule has 1 unspecified atom stereocenters. The highest BCUT2D eigenvalue weighted by Crippen LogP contribution is 2.17. The van der Waals surface area contributed by atoms with E-state index in [4.69, 9.17) is 5.73 Å². The molecule has 1 aromatic carbocycles. The van der Waals surface area contributed by atoms with Crippen molar-refractivity contribution in [1.29, 1.82) is 0 Å². The van der Waals surface area contributed by atoms with Gasteiger partial charge in [-0.2, -0.15) is 0 Å². The van der Waals surface area contributed by atoms with Crippen molar-refractivity contribution < 1.29 is 4.79 Å². The van der Waals surface area contributed by atoms with Crippen LogP contribution < -0.4 is 11.1 Å². The van der Waals surface area contributed by atoms with E-state index in [1.54, 1.807) is 0 Å². The Kier molecular flexibility index (Phi) is 4.84. The van der Waals surface area contributed by atoms with Crippen LogP contribution in [0.3, 0.4) is 0 Å². The van der Waals surface area contributed by atoms with Gasteiger partial charge < -0.3 is 11.1 Å². The Morgan fingerprint density at radius 1 is 1.40 bits per heavy atom. The molecule has 0 spiro atoms. The van der Waals surface area contributed by atoms with Crippen molar-refractivity contribution >= 4 is 5.91 Å². The summed E-state index contributed by atoms with van der Waals surface area (Å²) in [7, 11) is 0. The Bertz CT molecular complexity index is 298. The van der Waals surface area contributed by atoms with Gasteiger partial charge in [0.15, 0.2) is 0 Å². The van der Waals surface area contributed by atoms with Gasteiger partial charge >= 0.3 is 0 Å². The van der Waals surface area contributed by atoms with Crippen molar-refractivity contribution in [2.45, 2.75) is 25.8 Å². The molecule has 0 heterocycles. The largest absolute Gasteiger partial charge is 0.348 e. The van der Waals surface area contributed by atoms with Crippen molar-refractivity contribution in [3.05, 3.63) is 35.9 Å². The highest BCUT2D eigenvalue weighted by atomic mass is 16.1. The van der Waals surface area contributed by atoms with Crippen LogP contribution in [0.15, 0.2) is 30.3 Å². The number of rotatable bonds is 5. The maximum Gasteiger partial charge on any atom is 0.234 e. The number of nitrogens with one attached hydrogen (secondary N) is 1. The summed E-state index contributed by atoms with van der Waals surface area (Å²) < 4.78 is 0. The summed E-state index contributed by atoms with van der Waals surface area (Å²) >= 11 is 0. The predicted octanol–water partition coefficient (Wildman–Crippen LogP) is 1.60. The van der Waals surface area contributed by atoms with Gasteiger partial charge in [0.05, 0.1) is 12.6 Å². The fraction of sp³-hybridized carbons (Fsp3) is 0.417. The molecule has 1 aromatic rings. The first-order valence-electron chi connectivity index (χ1n) is 5.32. The summed E-state index contributed by atoms with van der Waals surface area (Å²) in [4.78, 5) is 11.2. The van der Waals surface area contributed by atoms with Gasteiger partial charge in [0, 0.05) is 0 Å². The van der Waals surface area contributed by atoms with E-state index in [1.165, 1.54) is 0 Å². The molecule has 82 valence electrons. The summed E-state index contributed by atoms with van der Waals surface area (Å²) in [5.74, 6) is -0.0997. The third-order valence-electron chi connectivity index (χ3n) is 2.30. The van der Waals surface area contributed by atoms with Crippen molar-refractivity contribution in [2.75, 3.05) is 6.54 Å². The van der Waals surface area contributed by atoms with Gasteiger partial charge in [-0.25, -0.2) is 0 Å². The van der Waals surface area contributed by atoms with Gasteiger partial charge in [-0.1, -0.05) is 43.7 Å². The standard InChI is InChI=1S/C12H18N2O/c1-2-6-11(14-12(15)9-13)10-7-4-3-5-8-10/h3-5,7-8,11H,2,6,9,13H2,1H3,(H,14,15). The Hall–Kier alpha value is -1.35. The van der Waals surface area contributed by atoms with Crippen LogP contribution in [-0.4, -0.2) is 12.5 Å². The van der Waals surface area contributed by atoms with Crippen LogP contribution in [0, 0.1) is 0 Å². The fourth-order valence-corrected chi connectivity index (χ4v) is 1.55. The zero-order valence-electron chi connectivity index (χ0n) is 9.07. The molecule has 0 saturated carbocycles. The lowest BCUT2D eigenvalue weighted by Crippen LogP contribution is -2.33. The molecule has 3 nitrogen and oxygen atoms in total. The van der Waals surface area contributed by atoms with Crippen LogP contribution in [0.25, 0.3) is 0 Å². The second-order valence-electron chi connectivity index (χ2n) is 3.52. The van der Waals surface area contributed by atoms with Gasteiger partial charge in [-0.05, 0) is 12.0 Å². The van der Waals surface area contributed by atoms with E-state index in [0.717, 1.165) is 18.4 Å². The monoisotopic (exact) mass is 206 g/mol. The van der Waals surface area contributed by atoms with E-state index < -0.39 is 0 Å². The third-order valence-corrected chi connectivity index (χ3v) is 2.30. The summed E-state index contributed by atoms with van der Waals surface area (Å²) in [6, 6.07) is 10.1. The summed E-state index contributed by atoms with van der Waals surface area (Å²) in [5.41, 5.74) is 6.42. The first-order chi connectivity index (χ1) is 7.27. The minimum absolute atomic E-state index is 0.0487. The van der Waals surface area contributed by atoms with Gasteiger partial charge in [-0.15, -0.1) is 0 Å². The maximum absolute atomic E-state index is 11.2. The topological polar surface area (TPSA) is 55.1 Å². The molecule has 0 aliphatic heterocycles. The SMILES string of the molecule is CCCC(NC(=O)CN)c1ccccc1. The van der Waals surface area contributed by atoms with Crippen molar-refractivity contribution in [2.24, 2.45) is 5.73 Å². The molecule has 15 heavy (non-hydrogen) atoms. The van der Waals surface area contributed by atoms with Gasteiger partial charge in [0.25, 0.3) is 0 Å². The molecule has 0 fully saturated rings. The fourth-order valence-electron chi connectivity index (χ4n) is 1.55. The Balaban J connectivity index is 2.70. The molecule has 0 aliphatic rings. The highest BCUT2D eigenvalue weighted by molar-refractivity contribution is 5.78. The zero-order valence-corrected chi connectivity index (χ0v) is 9.07. The smallest absolute Gasteiger partial charge is 0.234 e. The molecule has 1 rings (SSSR count). The molecular weight excluding hydrogens is 188 g/mol. The first kappa shape index (κ1) is 11.7. The Morgan fingerprint density at radius 2 is 2.07 bits per heavy atom. The molecule has 0 radical (unpaired) electrons. The number of benzene rings is 1. The molecular formula is C12H18N2O. The maximum atomic E-state index is 11.2. The molecule has 0 saturated heterocycles. The summed E-state index contributed by atoms with van der Waals surface area (Å²) in [5, 5.41) is 2.92. The highest BCUT2D eigenvalue weighted by Gasteiger charge is 2.11. The van der Waals surface area contributed by atoms with Crippen LogP contribution >= 0.6 is 0 Å². The van der Waals surface area contributed by atoms with Gasteiger partial charge in [-0.3, -0.25) is 4.79 Å². The lowest BCUT2D eigenvalue weighted by atomic mass is 10.0. The van der Waals surface area contributed by atoms with E-state index in [2.05, 4.69) is 12.2 Å². The van der Waals surface area contributed by atoms with E-state index >= 15 is 0 Å². The van der Waals surface area contributed by atoms with E-state index in [-0.39, 0.29) is 18.5 Å². The first-order valence-corrected chi connectivity index (χ1v) is 5.32. The van der Waals surface area contributed by atoms with Crippen LogP contribution in [0.2, 0.25) is 0 Å². The summed E-state index contributed by atoms with van der Waals surface area (Å²) in [6.07, 6.45) is 1.97. The van der Waals surface area contributed by atoms with Crippen LogP contribution in [0.4, 0.5) is 0 Å². The predicted molar refractivity (Wildman–Crippen MR) is 61.3 cm³/mol. The quantitative estimate of drug-likeness (QED) is 0.769. The van der Waals surface area contributed by atoms with Gasteiger partial charge in [0.2, 0.25) is 5.91 Å². The number of hydrogen-bond acceptors (Lipinski definition) is 2. The van der Waals surface area contributed by atoms with Crippen LogP contribution in [-0.2, 0) is 4.79 Å². The third kappa shape index (κ3) is 3.72. The minimum atomic E-state index is -0.0997. The number of carbonyl (C=O) groups is 1. The van der Waals surface area contributed by atoms with Gasteiger partial charge in [0.1, 0.15) is 0 Å². The Labute approximate surface area is 90.7 Å². The molecule has 3 heteroatoms. The average molecular weight is 206 g/mol. The van der Waals surface area contributed by atoms with E-state index in [9.17, 15) is 4.79 Å². The molecule has 1 atom stereocenters. The van der Waals surface area contributed by atoms with Crippen molar-refractivity contribution in [1.82, 2.24) is 5.32 Å². The van der Waals surface area contributed by atoms with E-state index in [0.29, 0.717) is 0 Å². The van der Waals surface area contributed by atoms with Crippen LogP contribution in [0.1, 0.15) is 31.4 Å². The molecule has 0 aromatic heterocycles. The van der Waals surface area contributed by atoms with E-state index in [1.807, 2.05) is 30.3 Å². The molecule has 0 aliphatic carbocycles. The Morgan fingerprint density at radius 3 is 2.60 bits per heavy atom. The lowest BCUT2D eigenvalue weighted by molar-refractivity contribution is -0.120. The normalized spacial score (nSPS) is 12.1. The minimum Gasteiger partial charge on any atom is -0.348 e. The number of nitrogens with two attached hydrogens (primary N) is 1. The average Bonchev–Trinajstić information content (AvgIpc) is 2.29.